The molecule has 7 heteroatoms. The predicted molar refractivity (Wildman–Crippen MR) is 99.9 cm³/mol. The van der Waals surface area contributed by atoms with Gasteiger partial charge in [0, 0.05) is 30.0 Å². The summed E-state index contributed by atoms with van der Waals surface area (Å²) in [4.78, 5) is 28.7. The SMILES string of the molecule is CC(C)(C)NC(=O)c1cc(CC(=O)Cc2cc3[nH]ncc3cc2F)ccn1. The van der Waals surface area contributed by atoms with Gasteiger partial charge in [0.05, 0.1) is 11.7 Å². The number of hydrogen-bond donors (Lipinski definition) is 2. The van der Waals surface area contributed by atoms with Crippen molar-refractivity contribution < 1.29 is 14.0 Å². The van der Waals surface area contributed by atoms with Crippen LogP contribution in [0.2, 0.25) is 0 Å². The second-order valence-electron chi connectivity index (χ2n) is 7.55. The Morgan fingerprint density at radius 1 is 1.19 bits per heavy atom. The van der Waals surface area contributed by atoms with Crippen molar-refractivity contribution in [2.45, 2.75) is 39.2 Å². The fraction of sp³-hybridized carbons (Fsp3) is 0.300. The van der Waals surface area contributed by atoms with Gasteiger partial charge in [-0.25, -0.2) is 4.39 Å². The van der Waals surface area contributed by atoms with E-state index in [0.29, 0.717) is 22.0 Å². The van der Waals surface area contributed by atoms with Gasteiger partial charge in [-0.1, -0.05) is 0 Å². The number of aromatic nitrogens is 3. The summed E-state index contributed by atoms with van der Waals surface area (Å²) in [6.07, 6.45) is 3.09. The van der Waals surface area contributed by atoms with Crippen LogP contribution in [0.25, 0.3) is 10.9 Å². The van der Waals surface area contributed by atoms with Crippen LogP contribution in [0.3, 0.4) is 0 Å². The van der Waals surface area contributed by atoms with E-state index in [9.17, 15) is 14.0 Å². The molecule has 0 saturated heterocycles. The third-order valence-electron chi connectivity index (χ3n) is 3.94. The number of amides is 1. The molecule has 0 atom stereocenters. The molecule has 0 aliphatic heterocycles. The molecule has 2 heterocycles. The number of aromatic amines is 1. The summed E-state index contributed by atoms with van der Waals surface area (Å²) in [5, 5.41) is 10.1. The van der Waals surface area contributed by atoms with Gasteiger partial charge in [-0.3, -0.25) is 19.7 Å². The normalized spacial score (nSPS) is 11.6. The molecule has 0 saturated carbocycles. The zero-order valence-corrected chi connectivity index (χ0v) is 15.5. The number of rotatable bonds is 5. The van der Waals surface area contributed by atoms with Crippen molar-refractivity contribution in [3.63, 3.8) is 0 Å². The van der Waals surface area contributed by atoms with Crippen LogP contribution in [-0.2, 0) is 17.6 Å². The number of halogens is 1. The lowest BCUT2D eigenvalue weighted by Gasteiger charge is -2.20. The maximum Gasteiger partial charge on any atom is 0.270 e. The molecule has 0 aliphatic rings. The molecule has 2 aromatic heterocycles. The van der Waals surface area contributed by atoms with E-state index in [0.717, 1.165) is 0 Å². The number of carbonyl (C=O) groups excluding carboxylic acids is 2. The Hall–Kier alpha value is -3.09. The Bertz CT molecular complexity index is 1000. The number of Topliss-reactive ketones (excluding diaryl/α,β-unsaturated/α-hetero) is 1. The number of fused-ring (bicyclic) bond motifs is 1. The van der Waals surface area contributed by atoms with Crippen LogP contribution in [0.5, 0.6) is 0 Å². The Kier molecular flexibility index (Phi) is 5.03. The summed E-state index contributed by atoms with van der Waals surface area (Å²) in [5.74, 6) is -0.883. The number of carbonyl (C=O) groups is 2. The van der Waals surface area contributed by atoms with Gasteiger partial charge in [-0.05, 0) is 56.2 Å². The molecular formula is C20H21FN4O2. The predicted octanol–water partition coefficient (Wildman–Crippen LogP) is 2.98. The van der Waals surface area contributed by atoms with Crippen LogP contribution >= 0.6 is 0 Å². The maximum absolute atomic E-state index is 14.2. The Morgan fingerprint density at radius 2 is 1.96 bits per heavy atom. The fourth-order valence-corrected chi connectivity index (χ4v) is 2.76. The molecule has 0 aliphatic carbocycles. The second kappa shape index (κ2) is 7.26. The van der Waals surface area contributed by atoms with Gasteiger partial charge in [-0.2, -0.15) is 5.10 Å². The van der Waals surface area contributed by atoms with Crippen molar-refractivity contribution in [3.05, 3.63) is 59.3 Å². The molecule has 1 amide bonds. The molecule has 2 N–H and O–H groups in total. The molecule has 6 nitrogen and oxygen atoms in total. The van der Waals surface area contributed by atoms with Gasteiger partial charge >= 0.3 is 0 Å². The molecule has 0 fully saturated rings. The van der Waals surface area contributed by atoms with Gasteiger partial charge in [-0.15, -0.1) is 0 Å². The topological polar surface area (TPSA) is 87.7 Å². The van der Waals surface area contributed by atoms with Crippen LogP contribution < -0.4 is 5.32 Å². The van der Waals surface area contributed by atoms with Gasteiger partial charge in [0.1, 0.15) is 17.3 Å². The number of nitrogens with zero attached hydrogens (tertiary/aromatic N) is 2. The molecule has 3 rings (SSSR count). The lowest BCUT2D eigenvalue weighted by Crippen LogP contribution is -2.40. The van der Waals surface area contributed by atoms with Crippen molar-refractivity contribution in [3.8, 4) is 0 Å². The molecule has 0 unspecified atom stereocenters. The van der Waals surface area contributed by atoms with Crippen LogP contribution in [0.4, 0.5) is 4.39 Å². The highest BCUT2D eigenvalue weighted by molar-refractivity contribution is 5.93. The van der Waals surface area contributed by atoms with Crippen molar-refractivity contribution in [1.29, 1.82) is 0 Å². The van der Waals surface area contributed by atoms with Crippen LogP contribution in [-0.4, -0.2) is 32.4 Å². The van der Waals surface area contributed by atoms with Gasteiger partial charge in [0.2, 0.25) is 0 Å². The lowest BCUT2D eigenvalue weighted by atomic mass is 10.0. The highest BCUT2D eigenvalue weighted by atomic mass is 19.1. The molecule has 1 aromatic carbocycles. The highest BCUT2D eigenvalue weighted by Crippen LogP contribution is 2.18. The summed E-state index contributed by atoms with van der Waals surface area (Å²) in [6, 6.07) is 6.24. The first-order chi connectivity index (χ1) is 12.7. The smallest absolute Gasteiger partial charge is 0.270 e. The fourth-order valence-electron chi connectivity index (χ4n) is 2.76. The van der Waals surface area contributed by atoms with E-state index in [1.165, 1.54) is 18.5 Å². The van der Waals surface area contributed by atoms with E-state index in [2.05, 4.69) is 20.5 Å². The number of ketones is 1. The zero-order valence-electron chi connectivity index (χ0n) is 15.5. The summed E-state index contributed by atoms with van der Waals surface area (Å²) >= 11 is 0. The number of nitrogens with one attached hydrogen (secondary N) is 2. The average Bonchev–Trinajstić information content (AvgIpc) is 3.01. The lowest BCUT2D eigenvalue weighted by molar-refractivity contribution is -0.117. The molecule has 3 aromatic rings. The monoisotopic (exact) mass is 368 g/mol. The van der Waals surface area contributed by atoms with Crippen molar-refractivity contribution >= 4 is 22.6 Å². The summed E-state index contributed by atoms with van der Waals surface area (Å²) in [5.41, 5.74) is 1.53. The Morgan fingerprint density at radius 3 is 2.70 bits per heavy atom. The molecule has 0 radical (unpaired) electrons. The maximum atomic E-state index is 14.2. The van der Waals surface area contributed by atoms with E-state index in [4.69, 9.17) is 0 Å². The Labute approximate surface area is 156 Å². The van der Waals surface area contributed by atoms with Gasteiger partial charge < -0.3 is 5.32 Å². The van der Waals surface area contributed by atoms with Crippen LogP contribution in [0.1, 0.15) is 42.4 Å². The van der Waals surface area contributed by atoms with E-state index < -0.39 is 5.82 Å². The largest absolute Gasteiger partial charge is 0.346 e. The number of hydrogen-bond acceptors (Lipinski definition) is 4. The van der Waals surface area contributed by atoms with E-state index in [1.54, 1.807) is 18.2 Å². The van der Waals surface area contributed by atoms with Crippen molar-refractivity contribution in [1.82, 2.24) is 20.5 Å². The summed E-state index contributed by atoms with van der Waals surface area (Å²) < 4.78 is 14.2. The van der Waals surface area contributed by atoms with Crippen LogP contribution in [0.15, 0.2) is 36.7 Å². The summed E-state index contributed by atoms with van der Waals surface area (Å²) in [6.45, 7) is 5.63. The van der Waals surface area contributed by atoms with E-state index >= 15 is 0 Å². The molecule has 140 valence electrons. The number of pyridine rings is 1. The van der Waals surface area contributed by atoms with E-state index in [1.807, 2.05) is 20.8 Å². The van der Waals surface area contributed by atoms with Gasteiger partial charge in [0.25, 0.3) is 5.91 Å². The molecular weight excluding hydrogens is 347 g/mol. The first-order valence-corrected chi connectivity index (χ1v) is 8.62. The number of H-pyrrole nitrogens is 1. The van der Waals surface area contributed by atoms with Crippen molar-refractivity contribution in [2.24, 2.45) is 0 Å². The quantitative estimate of drug-likeness (QED) is 0.725. The number of benzene rings is 1. The first-order valence-electron chi connectivity index (χ1n) is 8.62. The van der Waals surface area contributed by atoms with Gasteiger partial charge in [0.15, 0.2) is 0 Å². The minimum atomic E-state index is -0.433. The highest BCUT2D eigenvalue weighted by Gasteiger charge is 2.17. The van der Waals surface area contributed by atoms with Crippen molar-refractivity contribution in [2.75, 3.05) is 0 Å². The molecule has 0 bridgehead atoms. The average molecular weight is 368 g/mol. The molecule has 0 spiro atoms. The zero-order chi connectivity index (χ0) is 19.6. The second-order valence-corrected chi connectivity index (χ2v) is 7.55. The minimum Gasteiger partial charge on any atom is -0.346 e. The third-order valence-corrected chi connectivity index (χ3v) is 3.94. The third kappa shape index (κ3) is 4.75. The minimum absolute atomic E-state index is 0.0351. The Balaban J connectivity index is 1.71. The van der Waals surface area contributed by atoms with E-state index in [-0.39, 0.29) is 35.8 Å². The standard InChI is InChI=1S/C20H21FN4O2/c1-20(2,3)24-19(27)18-7-12(4-5-22-18)6-15(26)8-13-10-17-14(9-16(13)21)11-23-25-17/h4-5,7,9-11H,6,8H2,1-3H3,(H,23,25)(H,24,27). The first kappa shape index (κ1) is 18.7. The molecule has 27 heavy (non-hydrogen) atoms. The summed E-state index contributed by atoms with van der Waals surface area (Å²) in [7, 11) is 0. The van der Waals surface area contributed by atoms with Crippen LogP contribution in [0, 0.1) is 5.82 Å².